The molecule has 0 saturated carbocycles. The highest BCUT2D eigenvalue weighted by Gasteiger charge is 2.26. The Morgan fingerprint density at radius 1 is 0.964 bits per heavy atom. The SMILES string of the molecule is O=C(c1ccc(Cl)cc1)N1CCN(C(=O)c2cc(-c3cccnc3)n[nH]2)CC1. The van der Waals surface area contributed by atoms with Gasteiger partial charge >= 0.3 is 0 Å². The molecule has 1 aliphatic heterocycles. The van der Waals surface area contributed by atoms with Gasteiger partial charge in [-0.3, -0.25) is 19.7 Å². The molecule has 0 bridgehead atoms. The standard InChI is InChI=1S/C20H18ClN5O2/c21-16-5-3-14(4-6-16)19(27)25-8-10-26(11-9-25)20(28)18-12-17(23-24-18)15-2-1-7-22-13-15/h1-7,12-13H,8-11H2,(H,23,24). The highest BCUT2D eigenvalue weighted by molar-refractivity contribution is 6.30. The Labute approximate surface area is 166 Å². The van der Waals surface area contributed by atoms with E-state index in [1.807, 2.05) is 12.1 Å². The third-order valence-corrected chi connectivity index (χ3v) is 4.96. The van der Waals surface area contributed by atoms with Crippen LogP contribution in [0, 0.1) is 0 Å². The number of carbonyl (C=O) groups is 2. The van der Waals surface area contributed by atoms with E-state index in [2.05, 4.69) is 15.2 Å². The van der Waals surface area contributed by atoms with E-state index < -0.39 is 0 Å². The molecule has 0 aliphatic carbocycles. The highest BCUT2D eigenvalue weighted by atomic mass is 35.5. The number of H-pyrrole nitrogens is 1. The van der Waals surface area contributed by atoms with E-state index in [-0.39, 0.29) is 11.8 Å². The summed E-state index contributed by atoms with van der Waals surface area (Å²) in [7, 11) is 0. The van der Waals surface area contributed by atoms with Crippen LogP contribution in [0.3, 0.4) is 0 Å². The third kappa shape index (κ3) is 3.75. The Kier molecular flexibility index (Phi) is 5.08. The Balaban J connectivity index is 1.38. The van der Waals surface area contributed by atoms with E-state index in [1.165, 1.54) is 0 Å². The van der Waals surface area contributed by atoms with Crippen LogP contribution in [0.4, 0.5) is 0 Å². The van der Waals surface area contributed by atoms with Crippen LogP contribution in [0.2, 0.25) is 5.02 Å². The Hall–Kier alpha value is -3.19. The zero-order valence-electron chi connectivity index (χ0n) is 15.0. The first kappa shape index (κ1) is 18.2. The van der Waals surface area contributed by atoms with Gasteiger partial charge in [-0.15, -0.1) is 0 Å². The minimum absolute atomic E-state index is 0.0517. The summed E-state index contributed by atoms with van der Waals surface area (Å²) in [6.07, 6.45) is 3.39. The molecule has 2 amide bonds. The fourth-order valence-corrected chi connectivity index (χ4v) is 3.28. The fraction of sp³-hybridized carbons (Fsp3) is 0.200. The molecule has 8 heteroatoms. The lowest BCUT2D eigenvalue weighted by Gasteiger charge is -2.34. The lowest BCUT2D eigenvalue weighted by Crippen LogP contribution is -2.50. The van der Waals surface area contributed by atoms with Gasteiger partial charge in [0.05, 0.1) is 5.69 Å². The van der Waals surface area contributed by atoms with E-state index in [9.17, 15) is 9.59 Å². The first-order chi connectivity index (χ1) is 13.6. The molecule has 1 aliphatic rings. The number of nitrogens with zero attached hydrogens (tertiary/aromatic N) is 4. The third-order valence-electron chi connectivity index (χ3n) is 4.71. The zero-order valence-corrected chi connectivity index (χ0v) is 15.8. The Morgan fingerprint density at radius 3 is 2.29 bits per heavy atom. The monoisotopic (exact) mass is 395 g/mol. The number of piperazine rings is 1. The van der Waals surface area contributed by atoms with Gasteiger partial charge in [0.15, 0.2) is 0 Å². The van der Waals surface area contributed by atoms with Gasteiger partial charge in [-0.1, -0.05) is 11.6 Å². The summed E-state index contributed by atoms with van der Waals surface area (Å²) in [4.78, 5) is 32.9. The summed E-state index contributed by atoms with van der Waals surface area (Å²) < 4.78 is 0. The van der Waals surface area contributed by atoms with Crippen molar-refractivity contribution >= 4 is 23.4 Å². The number of halogens is 1. The molecule has 0 unspecified atom stereocenters. The summed E-state index contributed by atoms with van der Waals surface area (Å²) in [5.74, 6) is -0.176. The summed E-state index contributed by atoms with van der Waals surface area (Å²) in [6, 6.07) is 12.3. The van der Waals surface area contributed by atoms with E-state index >= 15 is 0 Å². The minimum Gasteiger partial charge on any atom is -0.335 e. The number of hydrogen-bond donors (Lipinski definition) is 1. The van der Waals surface area contributed by atoms with Crippen LogP contribution < -0.4 is 0 Å². The van der Waals surface area contributed by atoms with Crippen molar-refractivity contribution in [3.05, 3.63) is 71.1 Å². The predicted octanol–water partition coefficient (Wildman–Crippen LogP) is 2.72. The quantitative estimate of drug-likeness (QED) is 0.739. The van der Waals surface area contributed by atoms with Crippen LogP contribution in [0.5, 0.6) is 0 Å². The highest BCUT2D eigenvalue weighted by Crippen LogP contribution is 2.18. The van der Waals surface area contributed by atoms with Crippen molar-refractivity contribution in [1.82, 2.24) is 25.0 Å². The molecule has 3 aromatic rings. The molecule has 0 spiro atoms. The van der Waals surface area contributed by atoms with Gasteiger partial charge in [-0.05, 0) is 42.5 Å². The molecule has 1 saturated heterocycles. The number of nitrogens with one attached hydrogen (secondary N) is 1. The smallest absolute Gasteiger partial charge is 0.272 e. The first-order valence-corrected chi connectivity index (χ1v) is 9.29. The van der Waals surface area contributed by atoms with Crippen molar-refractivity contribution < 1.29 is 9.59 Å². The lowest BCUT2D eigenvalue weighted by molar-refractivity contribution is 0.0532. The van der Waals surface area contributed by atoms with E-state index in [1.54, 1.807) is 52.5 Å². The molecule has 1 N–H and O–H groups in total. The number of pyridine rings is 1. The van der Waals surface area contributed by atoms with Crippen molar-refractivity contribution in [2.75, 3.05) is 26.2 Å². The summed E-state index contributed by atoms with van der Waals surface area (Å²) in [6.45, 7) is 1.91. The van der Waals surface area contributed by atoms with Crippen molar-refractivity contribution in [2.45, 2.75) is 0 Å². The number of rotatable bonds is 3. The topological polar surface area (TPSA) is 82.2 Å². The number of aromatic nitrogens is 3. The number of amides is 2. The second-order valence-electron chi connectivity index (χ2n) is 6.50. The molecule has 7 nitrogen and oxygen atoms in total. The van der Waals surface area contributed by atoms with Gasteiger partial charge in [0.2, 0.25) is 0 Å². The number of benzene rings is 1. The summed E-state index contributed by atoms with van der Waals surface area (Å²) in [5, 5.41) is 7.60. The normalized spacial score (nSPS) is 14.2. The zero-order chi connectivity index (χ0) is 19.5. The molecule has 28 heavy (non-hydrogen) atoms. The van der Waals surface area contributed by atoms with Crippen LogP contribution >= 0.6 is 11.6 Å². The maximum atomic E-state index is 12.7. The number of aromatic amines is 1. The first-order valence-electron chi connectivity index (χ1n) is 8.92. The molecule has 1 fully saturated rings. The van der Waals surface area contributed by atoms with Crippen molar-refractivity contribution in [1.29, 1.82) is 0 Å². The maximum Gasteiger partial charge on any atom is 0.272 e. The fourth-order valence-electron chi connectivity index (χ4n) is 3.15. The molecular weight excluding hydrogens is 378 g/mol. The molecule has 2 aromatic heterocycles. The lowest BCUT2D eigenvalue weighted by atomic mass is 10.1. The molecule has 142 valence electrons. The van der Waals surface area contributed by atoms with Crippen LogP contribution in [0.25, 0.3) is 11.3 Å². The summed E-state index contributed by atoms with van der Waals surface area (Å²) in [5.41, 5.74) is 2.54. The molecule has 0 radical (unpaired) electrons. The largest absolute Gasteiger partial charge is 0.335 e. The van der Waals surface area contributed by atoms with Crippen LogP contribution in [0.15, 0.2) is 54.9 Å². The second-order valence-corrected chi connectivity index (χ2v) is 6.94. The Morgan fingerprint density at radius 2 is 1.64 bits per heavy atom. The van der Waals surface area contributed by atoms with Gasteiger partial charge in [0.1, 0.15) is 5.69 Å². The van der Waals surface area contributed by atoms with Gasteiger partial charge in [-0.2, -0.15) is 5.10 Å². The van der Waals surface area contributed by atoms with Crippen molar-refractivity contribution in [3.8, 4) is 11.3 Å². The molecule has 3 heterocycles. The van der Waals surface area contributed by atoms with Gasteiger partial charge in [-0.25, -0.2) is 0 Å². The van der Waals surface area contributed by atoms with E-state index in [0.717, 1.165) is 5.56 Å². The van der Waals surface area contributed by atoms with E-state index in [0.29, 0.717) is 48.2 Å². The van der Waals surface area contributed by atoms with Gasteiger partial charge in [0, 0.05) is 54.7 Å². The minimum atomic E-state index is -0.124. The molecular formula is C20H18ClN5O2. The maximum absolute atomic E-state index is 12.7. The average Bonchev–Trinajstić information content (AvgIpc) is 3.24. The van der Waals surface area contributed by atoms with Gasteiger partial charge in [0.25, 0.3) is 11.8 Å². The van der Waals surface area contributed by atoms with Crippen molar-refractivity contribution in [3.63, 3.8) is 0 Å². The summed E-state index contributed by atoms with van der Waals surface area (Å²) >= 11 is 5.87. The number of hydrogen-bond acceptors (Lipinski definition) is 4. The number of carbonyl (C=O) groups excluding carboxylic acids is 2. The second kappa shape index (κ2) is 7.82. The molecule has 4 rings (SSSR count). The van der Waals surface area contributed by atoms with Crippen molar-refractivity contribution in [2.24, 2.45) is 0 Å². The predicted molar refractivity (Wildman–Crippen MR) is 105 cm³/mol. The Bertz CT molecular complexity index is 979. The van der Waals surface area contributed by atoms with E-state index in [4.69, 9.17) is 11.6 Å². The van der Waals surface area contributed by atoms with Crippen LogP contribution in [0.1, 0.15) is 20.8 Å². The van der Waals surface area contributed by atoms with Crippen LogP contribution in [-0.2, 0) is 0 Å². The average molecular weight is 396 g/mol. The molecule has 0 atom stereocenters. The molecule has 1 aromatic carbocycles. The van der Waals surface area contributed by atoms with Gasteiger partial charge < -0.3 is 9.80 Å². The van der Waals surface area contributed by atoms with Crippen LogP contribution in [-0.4, -0.2) is 63.0 Å².